The Kier molecular flexibility index (Phi) is 9.13. The molecule has 5 N–H and O–H groups in total. The average molecular weight is 623 g/mol. The third-order valence-corrected chi connectivity index (χ3v) is 8.53. The molecule has 232 valence electrons. The lowest BCUT2D eigenvalue weighted by molar-refractivity contribution is -0.146. The number of aromatic nitrogens is 3. The van der Waals surface area contributed by atoms with Crippen LogP contribution >= 0.6 is 7.75 Å². The molecule has 6 atom stereocenters. The predicted molar refractivity (Wildman–Crippen MR) is 150 cm³/mol. The summed E-state index contributed by atoms with van der Waals surface area (Å²) in [5, 5.41) is 38.3. The molecular formula is C27H34FN6O8P. The second-order valence-electron chi connectivity index (χ2n) is 9.88. The highest BCUT2D eigenvalue weighted by molar-refractivity contribution is 7.52. The Hall–Kier alpha value is -3.64. The molecule has 0 bridgehead atoms. The highest BCUT2D eigenvalue weighted by Gasteiger charge is 2.58. The van der Waals surface area contributed by atoms with Gasteiger partial charge in [-0.25, -0.2) is 18.5 Å². The molecule has 0 spiro atoms. The van der Waals surface area contributed by atoms with Gasteiger partial charge >= 0.3 is 13.7 Å². The maximum Gasteiger partial charge on any atom is 0.459 e. The third-order valence-electron chi connectivity index (χ3n) is 7.03. The molecule has 3 aromatic rings. The summed E-state index contributed by atoms with van der Waals surface area (Å²) >= 11 is 0. The summed E-state index contributed by atoms with van der Waals surface area (Å²) in [5.41, 5.74) is 2.33. The van der Waals surface area contributed by atoms with Gasteiger partial charge in [-0.05, 0) is 25.0 Å². The van der Waals surface area contributed by atoms with Gasteiger partial charge in [-0.1, -0.05) is 44.9 Å². The van der Waals surface area contributed by atoms with Crippen LogP contribution in [0.25, 0.3) is 5.52 Å². The van der Waals surface area contributed by atoms with Crippen molar-refractivity contribution in [3.05, 3.63) is 54.2 Å². The zero-order valence-electron chi connectivity index (χ0n) is 25.6. The number of nitriles is 1. The van der Waals surface area contributed by atoms with Crippen LogP contribution in [0.4, 0.5) is 10.2 Å². The summed E-state index contributed by atoms with van der Waals surface area (Å²) in [7, 11) is -4.88. The van der Waals surface area contributed by atoms with Crippen LogP contribution in [0.5, 0.6) is 5.75 Å². The Morgan fingerprint density at radius 3 is 2.72 bits per heavy atom. The lowest BCUT2D eigenvalue weighted by Crippen LogP contribution is -2.41. The topological polar surface area (TPSA) is 204 Å². The fourth-order valence-corrected chi connectivity index (χ4v) is 5.80. The van der Waals surface area contributed by atoms with Gasteiger partial charge in [0.25, 0.3) is 0 Å². The molecule has 0 radical (unpaired) electrons. The first kappa shape index (κ1) is 29.4. The van der Waals surface area contributed by atoms with E-state index < -0.39 is 61.7 Å². The molecule has 1 aromatic carbocycles. The summed E-state index contributed by atoms with van der Waals surface area (Å²) < 4.78 is 68.8. The molecule has 0 amide bonds. The number of anilines is 1. The molecule has 3 heterocycles. The number of nitrogen functional groups attached to an aromatic ring is 1. The van der Waals surface area contributed by atoms with Gasteiger partial charge in [-0.3, -0.25) is 9.32 Å². The number of rotatable bonds is 13. The van der Waals surface area contributed by atoms with E-state index in [2.05, 4.69) is 15.2 Å². The van der Waals surface area contributed by atoms with Crippen molar-refractivity contribution < 1.29 is 45.2 Å². The van der Waals surface area contributed by atoms with Gasteiger partial charge in [-0.15, -0.1) is 0 Å². The Morgan fingerprint density at radius 1 is 1.37 bits per heavy atom. The number of halogens is 1. The molecule has 0 aliphatic carbocycles. The van der Waals surface area contributed by atoms with E-state index in [-0.39, 0.29) is 29.6 Å². The fourth-order valence-electron chi connectivity index (χ4n) is 4.44. The Balaban J connectivity index is 1.65. The van der Waals surface area contributed by atoms with Crippen LogP contribution in [0.3, 0.4) is 0 Å². The molecule has 1 saturated heterocycles. The Labute approximate surface area is 249 Å². The number of carbonyl (C=O) groups excluding carboxylic acids is 1. The van der Waals surface area contributed by atoms with E-state index in [9.17, 15) is 29.2 Å². The van der Waals surface area contributed by atoms with E-state index in [1.165, 1.54) is 19.1 Å². The summed E-state index contributed by atoms with van der Waals surface area (Å²) in [5.74, 6) is -2.04. The number of nitrogens with two attached hydrogens (primary N) is 1. The summed E-state index contributed by atoms with van der Waals surface area (Å²) in [4.78, 5) is 16.4. The first-order valence-electron chi connectivity index (χ1n) is 14.4. The number of nitrogens with one attached hydrogen (secondary N) is 1. The normalized spacial score (nSPS) is 25.0. The third kappa shape index (κ3) is 6.65. The van der Waals surface area contributed by atoms with E-state index in [1.807, 2.05) is 13.8 Å². The molecule has 1 aliphatic heterocycles. The van der Waals surface area contributed by atoms with Crippen LogP contribution < -0.4 is 15.3 Å². The minimum Gasteiger partial charge on any atom is -0.464 e. The Bertz CT molecular complexity index is 1610. The number of aliphatic hydroxyl groups excluding tert-OH is 2. The monoisotopic (exact) mass is 622 g/mol. The highest BCUT2D eigenvalue weighted by Crippen LogP contribution is 2.47. The van der Waals surface area contributed by atoms with E-state index in [0.717, 1.165) is 29.8 Å². The van der Waals surface area contributed by atoms with Crippen molar-refractivity contribution in [3.63, 3.8) is 0 Å². The molecule has 43 heavy (non-hydrogen) atoms. The molecule has 1 fully saturated rings. The zero-order chi connectivity index (χ0) is 33.2. The lowest BCUT2D eigenvalue weighted by atomic mass is 9.92. The van der Waals surface area contributed by atoms with E-state index >= 15 is 0 Å². The Morgan fingerprint density at radius 2 is 2.07 bits per heavy atom. The molecule has 14 nitrogen and oxygen atoms in total. The summed E-state index contributed by atoms with van der Waals surface area (Å²) in [6, 6.07) is 8.63. The van der Waals surface area contributed by atoms with Crippen molar-refractivity contribution >= 4 is 25.1 Å². The highest BCUT2D eigenvalue weighted by atomic mass is 31.2. The van der Waals surface area contributed by atoms with Crippen molar-refractivity contribution in [1.82, 2.24) is 19.7 Å². The second-order valence-corrected chi connectivity index (χ2v) is 11.5. The molecule has 1 aliphatic rings. The van der Waals surface area contributed by atoms with Gasteiger partial charge < -0.3 is 29.9 Å². The van der Waals surface area contributed by atoms with Gasteiger partial charge in [0.05, 0.1) is 21.6 Å². The number of para-hydroxylation sites is 1. The van der Waals surface area contributed by atoms with Gasteiger partial charge in [0.2, 0.25) is 5.60 Å². The first-order chi connectivity index (χ1) is 21.2. The fraction of sp³-hybridized carbons (Fsp3) is 0.481. The number of fused-ring (bicyclic) bond motifs is 1. The van der Waals surface area contributed by atoms with Crippen molar-refractivity contribution in [2.75, 3.05) is 18.9 Å². The van der Waals surface area contributed by atoms with Crippen molar-refractivity contribution in [2.45, 2.75) is 63.6 Å². The molecule has 4 rings (SSSR count). The SMILES string of the molecule is [2H]C([2H])(O[P@@](=O)(N[C@@H](C)C(=O)OCC(CC)CC)Oc1ccccc1)[C@H]1O[C@@](C#N)(c2cc(F)c3c(N)ncnn23)[C@H](O)[C@@H]1O. The largest absolute Gasteiger partial charge is 0.464 e. The number of aliphatic hydroxyl groups is 2. The molecule has 0 unspecified atom stereocenters. The van der Waals surface area contributed by atoms with Crippen LogP contribution in [-0.4, -0.2) is 68.3 Å². The minimum atomic E-state index is -4.88. The molecule has 2 aromatic heterocycles. The van der Waals surface area contributed by atoms with Gasteiger partial charge in [0.15, 0.2) is 11.6 Å². The average Bonchev–Trinajstić information content (AvgIpc) is 3.48. The van der Waals surface area contributed by atoms with Gasteiger partial charge in [0, 0.05) is 6.07 Å². The second kappa shape index (κ2) is 13.3. The van der Waals surface area contributed by atoms with Crippen molar-refractivity contribution in [1.29, 1.82) is 5.26 Å². The maximum absolute atomic E-state index is 14.9. The molecule has 0 saturated carbocycles. The summed E-state index contributed by atoms with van der Waals surface area (Å²) in [6.07, 6.45) is -4.13. The minimum absolute atomic E-state index is 0.0339. The number of benzene rings is 1. The lowest BCUT2D eigenvalue weighted by Gasteiger charge is -2.25. The van der Waals surface area contributed by atoms with E-state index in [4.69, 9.17) is 27.0 Å². The van der Waals surface area contributed by atoms with Gasteiger partial charge in [0.1, 0.15) is 48.0 Å². The van der Waals surface area contributed by atoms with Gasteiger partial charge in [-0.2, -0.15) is 15.4 Å². The molecular weight excluding hydrogens is 586 g/mol. The molecule has 16 heteroatoms. The quantitative estimate of drug-likeness (QED) is 0.160. The number of carbonyl (C=O) groups is 1. The van der Waals surface area contributed by atoms with Crippen LogP contribution in [0.1, 0.15) is 42.0 Å². The standard InChI is InChI=1S/C27H34FN6O8P/c1-4-17(5-2)12-39-26(37)16(3)33-43(38,42-18-9-7-6-8-10-18)40-13-20-23(35)24(36)27(14-29,41-20)21-11-19(28)22-25(30)31-15-32-34(21)22/h6-11,15-17,20,23-24,35-36H,4-5,12-13H2,1-3H3,(H,33,38)(H2,30,31,32)/t16-,20+,23+,24+,27-,43-/m0/s1/i13D2. The van der Waals surface area contributed by atoms with Crippen LogP contribution in [0, 0.1) is 23.1 Å². The number of ether oxygens (including phenoxy) is 2. The first-order valence-corrected chi connectivity index (χ1v) is 15.0. The van der Waals surface area contributed by atoms with E-state index in [1.54, 1.807) is 24.3 Å². The van der Waals surface area contributed by atoms with Crippen LogP contribution in [0.15, 0.2) is 42.7 Å². The smallest absolute Gasteiger partial charge is 0.459 e. The number of hydrogen-bond donors (Lipinski definition) is 4. The van der Waals surface area contributed by atoms with Crippen LogP contribution in [-0.2, 0) is 29.0 Å². The number of esters is 1. The van der Waals surface area contributed by atoms with E-state index in [0.29, 0.717) is 0 Å². The predicted octanol–water partition coefficient (Wildman–Crippen LogP) is 2.45. The number of hydrogen-bond acceptors (Lipinski definition) is 12. The van der Waals surface area contributed by atoms with Crippen molar-refractivity contribution in [2.24, 2.45) is 5.92 Å². The van der Waals surface area contributed by atoms with Crippen LogP contribution in [0.2, 0.25) is 0 Å². The van der Waals surface area contributed by atoms with Crippen molar-refractivity contribution in [3.8, 4) is 11.8 Å². The summed E-state index contributed by atoms with van der Waals surface area (Å²) in [6.45, 7) is 2.01. The number of nitrogens with zero attached hydrogens (tertiary/aromatic N) is 4. The zero-order valence-corrected chi connectivity index (χ0v) is 24.5. The maximum atomic E-state index is 14.9.